The zero-order valence-electron chi connectivity index (χ0n) is 18.0. The van der Waals surface area contributed by atoms with Gasteiger partial charge in [0.25, 0.3) is 0 Å². The molecule has 1 aliphatic heterocycles. The summed E-state index contributed by atoms with van der Waals surface area (Å²) < 4.78 is 0. The van der Waals surface area contributed by atoms with E-state index in [1.54, 1.807) is 36.5 Å². The molecule has 2 aromatic heterocycles. The number of hydrogen-bond acceptors (Lipinski definition) is 4. The molecule has 0 radical (unpaired) electrons. The van der Waals surface area contributed by atoms with Crippen LogP contribution in [-0.2, 0) is 10.3 Å². The number of likely N-dealkylation sites (N-methyl/N-ethyl adjacent to an activating group) is 1. The fourth-order valence-electron chi connectivity index (χ4n) is 4.49. The number of pyridine rings is 1. The number of guanidine groups is 1. The van der Waals surface area contributed by atoms with Crippen molar-refractivity contribution in [3.8, 4) is 11.1 Å². The van der Waals surface area contributed by atoms with Crippen molar-refractivity contribution in [2.45, 2.75) is 37.1 Å². The summed E-state index contributed by atoms with van der Waals surface area (Å²) in [5.74, 6) is 0.991. The zero-order chi connectivity index (χ0) is 21.6. The molecule has 6 heteroatoms. The van der Waals surface area contributed by atoms with Gasteiger partial charge in [-0.05, 0) is 59.9 Å². The summed E-state index contributed by atoms with van der Waals surface area (Å²) in [6.45, 7) is 2.11. The van der Waals surface area contributed by atoms with E-state index in [9.17, 15) is 4.79 Å². The Morgan fingerprint density at radius 1 is 1.16 bits per heavy atom. The average Bonchev–Trinajstić information content (AvgIpc) is 3.53. The highest BCUT2D eigenvalue weighted by atomic mass is 32.1. The maximum Gasteiger partial charge on any atom is 0.239 e. The standard InChI is InChI=1S/C25H26N4OS/c1-25(21-13-20(15-31-21)19-5-4-12-27-14-19)22(23(30)29(3)24(26-2)28-25)18-10-8-17(9-11-18)16-6-7-16/h4-5,8-16,22H,6-7H2,1-3H3,(H,26,28)/t22-,25+/m0/s1. The Bertz CT molecular complexity index is 1130. The number of aromatic nitrogens is 1. The molecule has 2 aliphatic rings. The zero-order valence-corrected chi connectivity index (χ0v) is 18.8. The first-order chi connectivity index (χ1) is 15.0. The second kappa shape index (κ2) is 7.61. The third-order valence-corrected chi connectivity index (χ3v) is 7.65. The number of aliphatic imine (C=N–C) groups is 1. The molecule has 3 heterocycles. The molecule has 1 saturated carbocycles. The van der Waals surface area contributed by atoms with E-state index in [0.717, 1.165) is 21.6 Å². The van der Waals surface area contributed by atoms with E-state index in [1.165, 1.54) is 18.4 Å². The van der Waals surface area contributed by atoms with Crippen molar-refractivity contribution >= 4 is 23.2 Å². The Labute approximate surface area is 186 Å². The third kappa shape index (κ3) is 3.45. The van der Waals surface area contributed by atoms with Gasteiger partial charge in [-0.25, -0.2) is 0 Å². The van der Waals surface area contributed by atoms with Crippen LogP contribution in [0.3, 0.4) is 0 Å². The highest BCUT2D eigenvalue weighted by molar-refractivity contribution is 7.10. The maximum absolute atomic E-state index is 13.6. The topological polar surface area (TPSA) is 57.6 Å². The minimum atomic E-state index is -0.606. The van der Waals surface area contributed by atoms with Gasteiger partial charge in [0, 0.05) is 36.9 Å². The molecule has 31 heavy (non-hydrogen) atoms. The normalized spacial score (nSPS) is 25.0. The predicted molar refractivity (Wildman–Crippen MR) is 125 cm³/mol. The van der Waals surface area contributed by atoms with Crippen LogP contribution in [-0.4, -0.2) is 35.8 Å². The Morgan fingerprint density at radius 3 is 2.55 bits per heavy atom. The van der Waals surface area contributed by atoms with Crippen molar-refractivity contribution in [2.75, 3.05) is 14.1 Å². The second-order valence-electron chi connectivity index (χ2n) is 8.59. The molecule has 1 N–H and O–H groups in total. The van der Waals surface area contributed by atoms with E-state index >= 15 is 0 Å². The lowest BCUT2D eigenvalue weighted by atomic mass is 9.76. The van der Waals surface area contributed by atoms with E-state index in [4.69, 9.17) is 0 Å². The minimum absolute atomic E-state index is 0.0531. The lowest BCUT2D eigenvalue weighted by Crippen LogP contribution is -2.62. The van der Waals surface area contributed by atoms with Gasteiger partial charge in [0.05, 0.1) is 11.5 Å². The number of hydrogen-bond donors (Lipinski definition) is 1. The van der Waals surface area contributed by atoms with Gasteiger partial charge in [0.2, 0.25) is 11.9 Å². The van der Waals surface area contributed by atoms with Crippen LogP contribution in [0.15, 0.2) is 65.2 Å². The highest BCUT2D eigenvalue weighted by Crippen LogP contribution is 2.45. The molecule has 5 rings (SSSR count). The van der Waals surface area contributed by atoms with Gasteiger partial charge in [-0.1, -0.05) is 30.3 Å². The summed E-state index contributed by atoms with van der Waals surface area (Å²) >= 11 is 1.67. The molecule has 3 aromatic rings. The summed E-state index contributed by atoms with van der Waals surface area (Å²) in [4.78, 5) is 24.9. The van der Waals surface area contributed by atoms with E-state index in [1.807, 2.05) is 12.3 Å². The van der Waals surface area contributed by atoms with Crippen LogP contribution in [0.1, 0.15) is 47.6 Å². The Morgan fingerprint density at radius 2 is 1.90 bits per heavy atom. The molecule has 1 amide bonds. The van der Waals surface area contributed by atoms with Crippen LogP contribution < -0.4 is 5.32 Å². The summed E-state index contributed by atoms with van der Waals surface area (Å²) in [6, 6.07) is 14.8. The van der Waals surface area contributed by atoms with E-state index in [-0.39, 0.29) is 11.8 Å². The van der Waals surface area contributed by atoms with Gasteiger partial charge in [-0.2, -0.15) is 0 Å². The number of amides is 1. The number of benzene rings is 1. The van der Waals surface area contributed by atoms with Crippen LogP contribution in [0.2, 0.25) is 0 Å². The number of nitrogens with one attached hydrogen (secondary N) is 1. The van der Waals surface area contributed by atoms with Gasteiger partial charge in [-0.3, -0.25) is 19.7 Å². The maximum atomic E-state index is 13.6. The van der Waals surface area contributed by atoms with Crippen LogP contribution >= 0.6 is 11.3 Å². The first-order valence-corrected chi connectivity index (χ1v) is 11.5. The number of rotatable bonds is 4. The first-order valence-electron chi connectivity index (χ1n) is 10.6. The summed E-state index contributed by atoms with van der Waals surface area (Å²) in [7, 11) is 3.51. The van der Waals surface area contributed by atoms with E-state index in [0.29, 0.717) is 11.9 Å². The molecule has 158 valence electrons. The molecule has 2 atom stereocenters. The van der Waals surface area contributed by atoms with Crippen LogP contribution in [0.4, 0.5) is 0 Å². The molecular weight excluding hydrogens is 404 g/mol. The van der Waals surface area contributed by atoms with Gasteiger partial charge in [0.1, 0.15) is 0 Å². The number of thiophene rings is 1. The number of nitrogens with zero attached hydrogens (tertiary/aromatic N) is 3. The first kappa shape index (κ1) is 19.9. The number of carbonyl (C=O) groups excluding carboxylic acids is 1. The molecular formula is C25H26N4OS. The minimum Gasteiger partial charge on any atom is -0.345 e. The highest BCUT2D eigenvalue weighted by Gasteiger charge is 2.49. The van der Waals surface area contributed by atoms with E-state index < -0.39 is 5.54 Å². The quantitative estimate of drug-likeness (QED) is 0.651. The summed E-state index contributed by atoms with van der Waals surface area (Å²) in [5.41, 5.74) is 3.98. The average molecular weight is 431 g/mol. The van der Waals surface area contributed by atoms with Crippen molar-refractivity contribution in [1.82, 2.24) is 15.2 Å². The monoisotopic (exact) mass is 430 g/mol. The van der Waals surface area contributed by atoms with Gasteiger partial charge in [-0.15, -0.1) is 11.3 Å². The Hall–Kier alpha value is -2.99. The molecule has 1 aliphatic carbocycles. The molecule has 0 unspecified atom stereocenters. The van der Waals surface area contributed by atoms with Crippen LogP contribution in [0.25, 0.3) is 11.1 Å². The van der Waals surface area contributed by atoms with Gasteiger partial charge < -0.3 is 5.32 Å². The smallest absolute Gasteiger partial charge is 0.239 e. The summed E-state index contributed by atoms with van der Waals surface area (Å²) in [6.07, 6.45) is 6.19. The van der Waals surface area contributed by atoms with E-state index in [2.05, 4.69) is 64.0 Å². The molecule has 2 fully saturated rings. The molecule has 0 spiro atoms. The second-order valence-corrected chi connectivity index (χ2v) is 9.50. The van der Waals surface area contributed by atoms with Crippen molar-refractivity contribution in [3.63, 3.8) is 0 Å². The lowest BCUT2D eigenvalue weighted by molar-refractivity contribution is -0.131. The third-order valence-electron chi connectivity index (χ3n) is 6.48. The molecule has 1 aromatic carbocycles. The van der Waals surface area contributed by atoms with Crippen LogP contribution in [0.5, 0.6) is 0 Å². The van der Waals surface area contributed by atoms with Gasteiger partial charge >= 0.3 is 0 Å². The van der Waals surface area contributed by atoms with Crippen molar-refractivity contribution in [2.24, 2.45) is 4.99 Å². The predicted octanol–water partition coefficient (Wildman–Crippen LogP) is 4.73. The summed E-state index contributed by atoms with van der Waals surface area (Å²) in [5, 5.41) is 5.73. The fourth-order valence-corrected chi connectivity index (χ4v) is 5.56. The van der Waals surface area contributed by atoms with Crippen molar-refractivity contribution in [1.29, 1.82) is 0 Å². The lowest BCUT2D eigenvalue weighted by Gasteiger charge is -2.45. The molecule has 1 saturated heterocycles. The number of carbonyl (C=O) groups is 1. The van der Waals surface area contributed by atoms with Crippen molar-refractivity contribution < 1.29 is 4.79 Å². The SMILES string of the molecule is CN=C1N[C@](C)(c2cc(-c3cccnc3)cs2)[C@@H](c2ccc(C3CC3)cc2)C(=O)N1C. The Kier molecular flexibility index (Phi) is 4.89. The molecule has 5 nitrogen and oxygen atoms in total. The molecule has 0 bridgehead atoms. The van der Waals surface area contributed by atoms with Gasteiger partial charge in [0.15, 0.2) is 0 Å². The van der Waals surface area contributed by atoms with Crippen molar-refractivity contribution in [3.05, 3.63) is 76.2 Å². The van der Waals surface area contributed by atoms with Crippen LogP contribution in [0, 0.1) is 0 Å². The Balaban J connectivity index is 1.58. The largest absolute Gasteiger partial charge is 0.345 e. The fraction of sp³-hybridized carbons (Fsp3) is 0.320.